The maximum atomic E-state index is 11.4. The lowest BCUT2D eigenvalue weighted by atomic mass is 10.1. The average Bonchev–Trinajstić information content (AvgIpc) is 2.18. The molecule has 0 aliphatic carbocycles. The van der Waals surface area contributed by atoms with E-state index >= 15 is 0 Å². The number of ketones is 1. The SMILES string of the molecule is CCCOC(C(C)=O)c1cccc(Cl)c1. The zero-order chi connectivity index (χ0) is 11.3. The van der Waals surface area contributed by atoms with Crippen LogP contribution in [0.2, 0.25) is 5.02 Å². The topological polar surface area (TPSA) is 26.3 Å². The molecule has 0 aromatic heterocycles. The Morgan fingerprint density at radius 2 is 2.27 bits per heavy atom. The highest BCUT2D eigenvalue weighted by atomic mass is 35.5. The summed E-state index contributed by atoms with van der Waals surface area (Å²) in [5.74, 6) is 0.00529. The quantitative estimate of drug-likeness (QED) is 0.769. The van der Waals surface area contributed by atoms with Crippen molar-refractivity contribution < 1.29 is 9.53 Å². The number of Topliss-reactive ketones (excluding diaryl/α,β-unsaturated/α-hetero) is 1. The molecule has 82 valence electrons. The molecule has 15 heavy (non-hydrogen) atoms. The molecule has 0 aliphatic heterocycles. The van der Waals surface area contributed by atoms with E-state index in [1.165, 1.54) is 6.92 Å². The molecule has 1 atom stereocenters. The monoisotopic (exact) mass is 226 g/mol. The van der Waals surface area contributed by atoms with E-state index in [-0.39, 0.29) is 5.78 Å². The van der Waals surface area contributed by atoms with Gasteiger partial charge in [0, 0.05) is 11.6 Å². The number of carbonyl (C=O) groups is 1. The first-order valence-corrected chi connectivity index (χ1v) is 5.40. The van der Waals surface area contributed by atoms with Crippen LogP contribution in [0.25, 0.3) is 0 Å². The maximum Gasteiger partial charge on any atom is 0.163 e. The van der Waals surface area contributed by atoms with E-state index in [1.807, 2.05) is 19.1 Å². The van der Waals surface area contributed by atoms with Crippen LogP contribution >= 0.6 is 11.6 Å². The summed E-state index contributed by atoms with van der Waals surface area (Å²) in [6.45, 7) is 4.12. The van der Waals surface area contributed by atoms with Crippen molar-refractivity contribution in [3.63, 3.8) is 0 Å². The number of hydrogen-bond acceptors (Lipinski definition) is 2. The normalized spacial score (nSPS) is 12.5. The molecule has 0 amide bonds. The van der Waals surface area contributed by atoms with Crippen LogP contribution in [0.3, 0.4) is 0 Å². The largest absolute Gasteiger partial charge is 0.366 e. The second-order valence-electron chi connectivity index (χ2n) is 3.42. The Hall–Kier alpha value is -0.860. The van der Waals surface area contributed by atoms with E-state index in [1.54, 1.807) is 12.1 Å². The fourth-order valence-corrected chi connectivity index (χ4v) is 1.55. The minimum Gasteiger partial charge on any atom is -0.366 e. The molecule has 0 bridgehead atoms. The van der Waals surface area contributed by atoms with Crippen LogP contribution in [0.5, 0.6) is 0 Å². The Balaban J connectivity index is 2.84. The predicted octanol–water partition coefficient (Wildman–Crippen LogP) is 3.40. The molecule has 1 unspecified atom stereocenters. The molecule has 0 N–H and O–H groups in total. The van der Waals surface area contributed by atoms with Gasteiger partial charge < -0.3 is 4.74 Å². The van der Waals surface area contributed by atoms with Crippen LogP contribution in [0.1, 0.15) is 31.9 Å². The lowest BCUT2D eigenvalue weighted by Crippen LogP contribution is -2.13. The molecule has 1 aromatic carbocycles. The third-order valence-electron chi connectivity index (χ3n) is 2.01. The molecular formula is C12H15ClO2. The number of rotatable bonds is 5. The predicted molar refractivity (Wildman–Crippen MR) is 61.1 cm³/mol. The molecular weight excluding hydrogens is 212 g/mol. The fraction of sp³-hybridized carbons (Fsp3) is 0.417. The van der Waals surface area contributed by atoms with Gasteiger partial charge in [0.25, 0.3) is 0 Å². The number of ether oxygens (including phenoxy) is 1. The summed E-state index contributed by atoms with van der Waals surface area (Å²) in [6.07, 6.45) is 0.410. The van der Waals surface area contributed by atoms with Gasteiger partial charge in [-0.05, 0) is 31.0 Å². The lowest BCUT2D eigenvalue weighted by molar-refractivity contribution is -0.128. The van der Waals surface area contributed by atoms with Crippen molar-refractivity contribution in [3.8, 4) is 0 Å². The summed E-state index contributed by atoms with van der Waals surface area (Å²) in [4.78, 5) is 11.4. The Morgan fingerprint density at radius 3 is 2.80 bits per heavy atom. The Morgan fingerprint density at radius 1 is 1.53 bits per heavy atom. The van der Waals surface area contributed by atoms with Crippen molar-refractivity contribution in [2.75, 3.05) is 6.61 Å². The van der Waals surface area contributed by atoms with Crippen molar-refractivity contribution in [2.24, 2.45) is 0 Å². The minimum absolute atomic E-state index is 0.00529. The zero-order valence-electron chi connectivity index (χ0n) is 9.00. The molecule has 3 heteroatoms. The molecule has 0 saturated carbocycles. The molecule has 0 spiro atoms. The third-order valence-corrected chi connectivity index (χ3v) is 2.24. The van der Waals surface area contributed by atoms with Gasteiger partial charge >= 0.3 is 0 Å². The maximum absolute atomic E-state index is 11.4. The molecule has 0 saturated heterocycles. The molecule has 0 aliphatic rings. The van der Waals surface area contributed by atoms with Crippen LogP contribution in [-0.4, -0.2) is 12.4 Å². The molecule has 0 radical (unpaired) electrons. The highest BCUT2D eigenvalue weighted by Gasteiger charge is 2.16. The summed E-state index contributed by atoms with van der Waals surface area (Å²) < 4.78 is 5.49. The summed E-state index contributed by atoms with van der Waals surface area (Å²) in [5.41, 5.74) is 0.823. The number of hydrogen-bond donors (Lipinski definition) is 0. The van der Waals surface area contributed by atoms with Crippen molar-refractivity contribution in [1.82, 2.24) is 0 Å². The van der Waals surface area contributed by atoms with Gasteiger partial charge in [-0.3, -0.25) is 4.79 Å². The Labute approximate surface area is 95.2 Å². The third kappa shape index (κ3) is 3.65. The van der Waals surface area contributed by atoms with Gasteiger partial charge in [-0.15, -0.1) is 0 Å². The van der Waals surface area contributed by atoms with E-state index in [4.69, 9.17) is 16.3 Å². The van der Waals surface area contributed by atoms with Gasteiger partial charge in [0.15, 0.2) is 5.78 Å². The van der Waals surface area contributed by atoms with Crippen molar-refractivity contribution in [2.45, 2.75) is 26.4 Å². The van der Waals surface area contributed by atoms with Crippen LogP contribution in [0.15, 0.2) is 24.3 Å². The molecule has 1 rings (SSSR count). The highest BCUT2D eigenvalue weighted by Crippen LogP contribution is 2.21. The van der Waals surface area contributed by atoms with E-state index in [2.05, 4.69) is 0 Å². The Bertz CT molecular complexity index is 336. The molecule has 0 fully saturated rings. The van der Waals surface area contributed by atoms with Gasteiger partial charge in [-0.25, -0.2) is 0 Å². The van der Waals surface area contributed by atoms with E-state index in [9.17, 15) is 4.79 Å². The summed E-state index contributed by atoms with van der Waals surface area (Å²) >= 11 is 5.86. The first-order chi connectivity index (χ1) is 7.15. The lowest BCUT2D eigenvalue weighted by Gasteiger charge is -2.15. The minimum atomic E-state index is -0.483. The second-order valence-corrected chi connectivity index (χ2v) is 3.85. The number of halogens is 1. The van der Waals surface area contributed by atoms with E-state index in [0.29, 0.717) is 11.6 Å². The molecule has 0 heterocycles. The molecule has 1 aromatic rings. The standard InChI is InChI=1S/C12H15ClO2/c1-3-7-15-12(9(2)14)10-5-4-6-11(13)8-10/h4-6,8,12H,3,7H2,1-2H3. The number of benzene rings is 1. The summed E-state index contributed by atoms with van der Waals surface area (Å²) in [7, 11) is 0. The summed E-state index contributed by atoms with van der Waals surface area (Å²) in [6, 6.07) is 7.22. The van der Waals surface area contributed by atoms with Gasteiger partial charge in [0.1, 0.15) is 6.10 Å². The fourth-order valence-electron chi connectivity index (χ4n) is 1.35. The van der Waals surface area contributed by atoms with Gasteiger partial charge in [-0.2, -0.15) is 0 Å². The van der Waals surface area contributed by atoms with E-state index < -0.39 is 6.10 Å². The van der Waals surface area contributed by atoms with Gasteiger partial charge in [-0.1, -0.05) is 30.7 Å². The van der Waals surface area contributed by atoms with Gasteiger partial charge in [0.05, 0.1) is 0 Å². The van der Waals surface area contributed by atoms with E-state index in [0.717, 1.165) is 12.0 Å². The summed E-state index contributed by atoms with van der Waals surface area (Å²) in [5, 5.41) is 0.624. The second kappa shape index (κ2) is 5.89. The van der Waals surface area contributed by atoms with Crippen molar-refractivity contribution in [3.05, 3.63) is 34.9 Å². The Kier molecular flexibility index (Phi) is 4.79. The van der Waals surface area contributed by atoms with Crippen LogP contribution in [-0.2, 0) is 9.53 Å². The van der Waals surface area contributed by atoms with Crippen molar-refractivity contribution in [1.29, 1.82) is 0 Å². The molecule has 2 nitrogen and oxygen atoms in total. The van der Waals surface area contributed by atoms with Crippen molar-refractivity contribution >= 4 is 17.4 Å². The average molecular weight is 227 g/mol. The first-order valence-electron chi connectivity index (χ1n) is 5.02. The van der Waals surface area contributed by atoms with Crippen LogP contribution in [0.4, 0.5) is 0 Å². The first kappa shape index (κ1) is 12.2. The van der Waals surface area contributed by atoms with Crippen LogP contribution < -0.4 is 0 Å². The van der Waals surface area contributed by atoms with Gasteiger partial charge in [0.2, 0.25) is 0 Å². The zero-order valence-corrected chi connectivity index (χ0v) is 9.75. The van der Waals surface area contributed by atoms with Crippen LogP contribution in [0, 0.1) is 0 Å². The smallest absolute Gasteiger partial charge is 0.163 e. The highest BCUT2D eigenvalue weighted by molar-refractivity contribution is 6.30. The number of carbonyl (C=O) groups excluding carboxylic acids is 1.